The van der Waals surface area contributed by atoms with Crippen LogP contribution in [0.3, 0.4) is 0 Å². The van der Waals surface area contributed by atoms with Gasteiger partial charge in [-0.2, -0.15) is 0 Å². The van der Waals surface area contributed by atoms with Crippen LogP contribution >= 0.6 is 0 Å². The maximum absolute atomic E-state index is 5.35. The largest absolute Gasteiger partial charge is 0.496 e. The lowest BCUT2D eigenvalue weighted by molar-refractivity contribution is 0.409. The second kappa shape index (κ2) is 6.54. The second-order valence-corrected chi connectivity index (χ2v) is 4.09. The highest BCUT2D eigenvalue weighted by Crippen LogP contribution is 2.26. The summed E-state index contributed by atoms with van der Waals surface area (Å²) in [5, 5.41) is 3.25. The molecule has 1 rings (SSSR count). The molecule has 1 unspecified atom stereocenters. The van der Waals surface area contributed by atoms with Gasteiger partial charge in [0.2, 0.25) is 0 Å². The van der Waals surface area contributed by atoms with Crippen molar-refractivity contribution in [3.8, 4) is 5.75 Å². The molecule has 0 aliphatic carbocycles. The van der Waals surface area contributed by atoms with Gasteiger partial charge < -0.3 is 10.1 Å². The fraction of sp³-hybridized carbons (Fsp3) is 0.571. The Hall–Kier alpha value is -1.02. The van der Waals surface area contributed by atoms with Crippen LogP contribution in [-0.2, 0) is 6.42 Å². The van der Waals surface area contributed by atoms with Crippen LogP contribution in [0.5, 0.6) is 5.75 Å². The lowest BCUT2D eigenvalue weighted by Gasteiger charge is -2.17. The van der Waals surface area contributed by atoms with Crippen LogP contribution < -0.4 is 10.1 Å². The Kier molecular flexibility index (Phi) is 5.33. The average molecular weight is 221 g/mol. The first-order valence-electron chi connectivity index (χ1n) is 6.08. The summed E-state index contributed by atoms with van der Waals surface area (Å²) in [4.78, 5) is 0. The van der Waals surface area contributed by atoms with Crippen LogP contribution in [0.15, 0.2) is 18.2 Å². The predicted octanol–water partition coefficient (Wildman–Crippen LogP) is 2.97. The van der Waals surface area contributed by atoms with E-state index in [-0.39, 0.29) is 0 Å². The summed E-state index contributed by atoms with van der Waals surface area (Å²) < 4.78 is 5.35. The molecule has 0 aromatic heterocycles. The third-order valence-corrected chi connectivity index (χ3v) is 3.10. The topological polar surface area (TPSA) is 21.3 Å². The molecule has 0 heterocycles. The number of nitrogens with one attached hydrogen (secondary N) is 1. The van der Waals surface area contributed by atoms with Crippen molar-refractivity contribution < 1.29 is 4.74 Å². The van der Waals surface area contributed by atoms with Crippen LogP contribution in [0.1, 0.15) is 37.3 Å². The van der Waals surface area contributed by atoms with Crippen molar-refractivity contribution in [3.63, 3.8) is 0 Å². The average Bonchev–Trinajstić information content (AvgIpc) is 2.35. The highest BCUT2D eigenvalue weighted by Gasteiger charge is 2.10. The molecule has 0 bridgehead atoms. The number of ether oxygens (including phenoxy) is 1. The molecule has 0 amide bonds. The Balaban J connectivity index is 2.96. The minimum absolute atomic E-state index is 0.598. The SMILES string of the molecule is CCc1cc(C(CC)CNC)ccc1OC. The third-order valence-electron chi connectivity index (χ3n) is 3.10. The molecule has 0 saturated heterocycles. The lowest BCUT2D eigenvalue weighted by atomic mass is 9.94. The minimum Gasteiger partial charge on any atom is -0.496 e. The van der Waals surface area contributed by atoms with Crippen LogP contribution in [0.2, 0.25) is 0 Å². The lowest BCUT2D eigenvalue weighted by Crippen LogP contribution is -2.16. The highest BCUT2D eigenvalue weighted by atomic mass is 16.5. The standard InChI is InChI=1S/C14H23NO/c1-5-11-9-13(7-8-14(11)16-4)12(6-2)10-15-3/h7-9,12,15H,5-6,10H2,1-4H3. The van der Waals surface area contributed by atoms with E-state index in [1.807, 2.05) is 7.05 Å². The Morgan fingerprint density at radius 3 is 2.56 bits per heavy atom. The number of rotatable bonds is 6. The molecule has 0 fully saturated rings. The second-order valence-electron chi connectivity index (χ2n) is 4.09. The fourth-order valence-corrected chi connectivity index (χ4v) is 2.07. The van der Waals surface area contributed by atoms with Crippen molar-refractivity contribution in [2.75, 3.05) is 20.7 Å². The van der Waals surface area contributed by atoms with Gasteiger partial charge in [0.25, 0.3) is 0 Å². The Labute approximate surface area is 99.0 Å². The van der Waals surface area contributed by atoms with E-state index in [4.69, 9.17) is 4.74 Å². The summed E-state index contributed by atoms with van der Waals surface area (Å²) in [6.07, 6.45) is 2.18. The van der Waals surface area contributed by atoms with Crippen molar-refractivity contribution in [1.29, 1.82) is 0 Å². The number of benzene rings is 1. The van der Waals surface area contributed by atoms with Crippen LogP contribution in [0.25, 0.3) is 0 Å². The summed E-state index contributed by atoms with van der Waals surface area (Å²) >= 11 is 0. The molecule has 0 spiro atoms. The molecule has 90 valence electrons. The molecule has 1 N–H and O–H groups in total. The molecular weight excluding hydrogens is 198 g/mol. The first kappa shape index (κ1) is 13.0. The van der Waals surface area contributed by atoms with Gasteiger partial charge in [0.1, 0.15) is 5.75 Å². The highest BCUT2D eigenvalue weighted by molar-refractivity contribution is 5.38. The predicted molar refractivity (Wildman–Crippen MR) is 69.3 cm³/mol. The molecular formula is C14H23NO. The fourth-order valence-electron chi connectivity index (χ4n) is 2.07. The molecule has 0 aliphatic heterocycles. The summed E-state index contributed by atoms with van der Waals surface area (Å²) in [6.45, 7) is 5.44. The molecule has 0 aliphatic rings. The molecule has 2 nitrogen and oxygen atoms in total. The van der Waals surface area contributed by atoms with Gasteiger partial charge in [0.15, 0.2) is 0 Å². The van der Waals surface area contributed by atoms with Crippen molar-refractivity contribution in [3.05, 3.63) is 29.3 Å². The van der Waals surface area contributed by atoms with Gasteiger partial charge in [-0.15, -0.1) is 0 Å². The normalized spacial score (nSPS) is 12.5. The minimum atomic E-state index is 0.598. The number of likely N-dealkylation sites (N-methyl/N-ethyl adjacent to an activating group) is 1. The first-order chi connectivity index (χ1) is 7.76. The smallest absolute Gasteiger partial charge is 0.122 e. The maximum atomic E-state index is 5.35. The summed E-state index contributed by atoms with van der Waals surface area (Å²) in [5.74, 6) is 1.60. The Bertz CT molecular complexity index is 323. The third kappa shape index (κ3) is 2.99. The summed E-state index contributed by atoms with van der Waals surface area (Å²) in [7, 11) is 3.74. The van der Waals surface area contributed by atoms with E-state index >= 15 is 0 Å². The van der Waals surface area contributed by atoms with Crippen molar-refractivity contribution in [2.45, 2.75) is 32.6 Å². The van der Waals surface area contributed by atoms with Crippen LogP contribution in [0.4, 0.5) is 0 Å². The van der Waals surface area contributed by atoms with Crippen LogP contribution in [0, 0.1) is 0 Å². The molecule has 16 heavy (non-hydrogen) atoms. The number of methoxy groups -OCH3 is 1. The van der Waals surface area contributed by atoms with Gasteiger partial charge >= 0.3 is 0 Å². The van der Waals surface area contributed by atoms with E-state index in [9.17, 15) is 0 Å². The van der Waals surface area contributed by atoms with Gasteiger partial charge in [0.05, 0.1) is 7.11 Å². The van der Waals surface area contributed by atoms with E-state index in [0.29, 0.717) is 5.92 Å². The zero-order valence-electron chi connectivity index (χ0n) is 10.8. The van der Waals surface area contributed by atoms with E-state index < -0.39 is 0 Å². The molecule has 2 heteroatoms. The van der Waals surface area contributed by atoms with Crippen molar-refractivity contribution in [1.82, 2.24) is 5.32 Å². The van der Waals surface area contributed by atoms with E-state index in [1.54, 1.807) is 7.11 Å². The van der Waals surface area contributed by atoms with E-state index in [2.05, 4.69) is 37.4 Å². The van der Waals surface area contributed by atoms with Crippen LogP contribution in [-0.4, -0.2) is 20.7 Å². The number of hydrogen-bond donors (Lipinski definition) is 1. The number of hydrogen-bond acceptors (Lipinski definition) is 2. The van der Waals surface area contributed by atoms with Crippen molar-refractivity contribution in [2.24, 2.45) is 0 Å². The van der Waals surface area contributed by atoms with E-state index in [1.165, 1.54) is 11.1 Å². The number of aryl methyl sites for hydroxylation is 1. The Morgan fingerprint density at radius 1 is 1.31 bits per heavy atom. The molecule has 0 saturated carbocycles. The summed E-state index contributed by atoms with van der Waals surface area (Å²) in [5.41, 5.74) is 2.71. The zero-order chi connectivity index (χ0) is 12.0. The van der Waals surface area contributed by atoms with Gasteiger partial charge in [0, 0.05) is 6.54 Å². The molecule has 0 radical (unpaired) electrons. The monoisotopic (exact) mass is 221 g/mol. The maximum Gasteiger partial charge on any atom is 0.122 e. The molecule has 1 aromatic carbocycles. The van der Waals surface area contributed by atoms with Gasteiger partial charge in [-0.25, -0.2) is 0 Å². The zero-order valence-corrected chi connectivity index (χ0v) is 10.8. The quantitative estimate of drug-likeness (QED) is 0.797. The van der Waals surface area contributed by atoms with Gasteiger partial charge in [-0.3, -0.25) is 0 Å². The Morgan fingerprint density at radius 2 is 2.06 bits per heavy atom. The van der Waals surface area contributed by atoms with Gasteiger partial charge in [-0.1, -0.05) is 26.0 Å². The van der Waals surface area contributed by atoms with E-state index in [0.717, 1.165) is 25.1 Å². The molecule has 1 atom stereocenters. The summed E-state index contributed by atoms with van der Waals surface area (Å²) in [6, 6.07) is 6.56. The van der Waals surface area contributed by atoms with Crippen molar-refractivity contribution >= 4 is 0 Å². The first-order valence-corrected chi connectivity index (χ1v) is 6.08. The van der Waals surface area contributed by atoms with Gasteiger partial charge in [-0.05, 0) is 43.0 Å². The molecule has 1 aromatic rings.